The Hall–Kier alpha value is -2.37. The summed E-state index contributed by atoms with van der Waals surface area (Å²) in [5.74, 6) is -0.366. The Bertz CT molecular complexity index is 756. The molecule has 1 heterocycles. The van der Waals surface area contributed by atoms with Crippen LogP contribution in [0.2, 0.25) is 5.02 Å². The normalized spacial score (nSPS) is 14.8. The average molecular weight is 359 g/mol. The minimum absolute atomic E-state index is 0.0449. The van der Waals surface area contributed by atoms with Crippen LogP contribution in [0.3, 0.4) is 0 Å². The van der Waals surface area contributed by atoms with Crippen molar-refractivity contribution in [3.05, 3.63) is 59.1 Å². The third-order valence-electron chi connectivity index (χ3n) is 4.13. The zero-order chi connectivity index (χ0) is 17.6. The van der Waals surface area contributed by atoms with Gasteiger partial charge < -0.3 is 15.4 Å². The van der Waals surface area contributed by atoms with E-state index in [0.29, 0.717) is 48.0 Å². The Morgan fingerprint density at radius 1 is 0.920 bits per heavy atom. The molecule has 1 aliphatic rings. The number of amides is 2. The number of rotatable bonds is 4. The van der Waals surface area contributed by atoms with Crippen molar-refractivity contribution < 1.29 is 14.3 Å². The predicted octanol–water partition coefficient (Wildman–Crippen LogP) is 3.96. The fraction of sp³-hybridized carbons (Fsp3) is 0.263. The molecule has 2 aromatic rings. The molecular weight excluding hydrogens is 340 g/mol. The van der Waals surface area contributed by atoms with Crippen LogP contribution in [-0.2, 0) is 9.53 Å². The van der Waals surface area contributed by atoms with Gasteiger partial charge in [0, 0.05) is 29.7 Å². The monoisotopic (exact) mass is 358 g/mol. The van der Waals surface area contributed by atoms with E-state index in [-0.39, 0.29) is 17.7 Å². The molecule has 25 heavy (non-hydrogen) atoms. The largest absolute Gasteiger partial charge is 0.381 e. The highest BCUT2D eigenvalue weighted by Crippen LogP contribution is 2.24. The summed E-state index contributed by atoms with van der Waals surface area (Å²) in [6.45, 7) is 1.21. The molecular formula is C19H19ClN2O3. The van der Waals surface area contributed by atoms with Crippen LogP contribution in [0.15, 0.2) is 48.5 Å². The highest BCUT2D eigenvalue weighted by atomic mass is 35.5. The zero-order valence-corrected chi connectivity index (χ0v) is 14.4. The Balaban J connectivity index is 1.71. The third-order valence-corrected chi connectivity index (χ3v) is 4.38. The zero-order valence-electron chi connectivity index (χ0n) is 13.6. The van der Waals surface area contributed by atoms with Gasteiger partial charge in [0.2, 0.25) is 5.91 Å². The highest BCUT2D eigenvalue weighted by molar-refractivity contribution is 6.30. The minimum Gasteiger partial charge on any atom is -0.381 e. The summed E-state index contributed by atoms with van der Waals surface area (Å²) in [5, 5.41) is 6.32. The van der Waals surface area contributed by atoms with Crippen LogP contribution in [0.5, 0.6) is 0 Å². The van der Waals surface area contributed by atoms with Crippen molar-refractivity contribution in [2.45, 2.75) is 12.8 Å². The van der Waals surface area contributed by atoms with Gasteiger partial charge in [-0.1, -0.05) is 23.7 Å². The van der Waals surface area contributed by atoms with Crippen LogP contribution in [0.4, 0.5) is 11.4 Å². The molecule has 0 radical (unpaired) electrons. The van der Waals surface area contributed by atoms with Crippen molar-refractivity contribution in [2.24, 2.45) is 5.92 Å². The number of carbonyl (C=O) groups excluding carboxylic acids is 2. The molecule has 0 saturated carbocycles. The van der Waals surface area contributed by atoms with Crippen molar-refractivity contribution in [2.75, 3.05) is 23.8 Å². The Morgan fingerprint density at radius 3 is 2.16 bits per heavy atom. The summed E-state index contributed by atoms with van der Waals surface area (Å²) in [5.41, 5.74) is 1.64. The maximum Gasteiger partial charge on any atom is 0.255 e. The summed E-state index contributed by atoms with van der Waals surface area (Å²) >= 11 is 5.84. The minimum atomic E-state index is -0.260. The van der Waals surface area contributed by atoms with Crippen LogP contribution >= 0.6 is 11.6 Å². The third kappa shape index (κ3) is 4.59. The van der Waals surface area contributed by atoms with Crippen LogP contribution in [0.25, 0.3) is 0 Å². The van der Waals surface area contributed by atoms with Gasteiger partial charge in [0.1, 0.15) is 0 Å². The van der Waals surface area contributed by atoms with Gasteiger partial charge >= 0.3 is 0 Å². The molecule has 2 amide bonds. The van der Waals surface area contributed by atoms with Crippen LogP contribution in [-0.4, -0.2) is 25.0 Å². The maximum absolute atomic E-state index is 12.4. The van der Waals surface area contributed by atoms with Gasteiger partial charge in [-0.3, -0.25) is 9.59 Å². The van der Waals surface area contributed by atoms with E-state index < -0.39 is 0 Å². The smallest absolute Gasteiger partial charge is 0.255 e. The summed E-state index contributed by atoms with van der Waals surface area (Å²) < 4.78 is 5.29. The van der Waals surface area contributed by atoms with Gasteiger partial charge in [0.15, 0.2) is 0 Å². The number of benzene rings is 2. The lowest BCUT2D eigenvalue weighted by atomic mass is 9.99. The maximum atomic E-state index is 12.4. The lowest BCUT2D eigenvalue weighted by Gasteiger charge is -2.22. The first kappa shape index (κ1) is 17.5. The second-order valence-electron chi connectivity index (χ2n) is 5.88. The molecule has 130 valence electrons. The number of carbonyl (C=O) groups is 2. The van der Waals surface area contributed by atoms with Gasteiger partial charge in [0.05, 0.1) is 11.4 Å². The summed E-state index contributed by atoms with van der Waals surface area (Å²) in [6, 6.07) is 13.8. The van der Waals surface area contributed by atoms with E-state index in [1.54, 1.807) is 36.4 Å². The number of anilines is 2. The Morgan fingerprint density at radius 2 is 1.52 bits per heavy atom. The summed E-state index contributed by atoms with van der Waals surface area (Å²) in [4.78, 5) is 24.8. The van der Waals surface area contributed by atoms with Crippen molar-refractivity contribution >= 4 is 34.8 Å². The molecule has 5 nitrogen and oxygen atoms in total. The molecule has 0 aliphatic carbocycles. The first-order valence-electron chi connectivity index (χ1n) is 8.18. The first-order valence-corrected chi connectivity index (χ1v) is 8.56. The van der Waals surface area contributed by atoms with Crippen LogP contribution in [0.1, 0.15) is 23.2 Å². The topological polar surface area (TPSA) is 67.4 Å². The Labute approximate surface area is 151 Å². The van der Waals surface area contributed by atoms with Crippen molar-refractivity contribution in [3.63, 3.8) is 0 Å². The van der Waals surface area contributed by atoms with E-state index in [2.05, 4.69) is 10.6 Å². The molecule has 6 heteroatoms. The van der Waals surface area contributed by atoms with Gasteiger partial charge in [-0.2, -0.15) is 0 Å². The van der Waals surface area contributed by atoms with Crippen molar-refractivity contribution in [1.82, 2.24) is 0 Å². The second-order valence-corrected chi connectivity index (χ2v) is 6.32. The van der Waals surface area contributed by atoms with Gasteiger partial charge in [-0.05, 0) is 49.2 Å². The fourth-order valence-corrected chi connectivity index (χ4v) is 2.82. The standard InChI is InChI=1S/C19H19ClN2O3/c20-15-7-5-13(6-8-15)18(23)21-16-3-1-2-4-17(16)22-19(24)14-9-11-25-12-10-14/h1-8,14H,9-12H2,(H,21,23)(H,22,24). The van der Waals surface area contributed by atoms with Crippen LogP contribution < -0.4 is 10.6 Å². The molecule has 0 spiro atoms. The van der Waals surface area contributed by atoms with Crippen molar-refractivity contribution in [3.8, 4) is 0 Å². The number of halogens is 1. The lowest BCUT2D eigenvalue weighted by Crippen LogP contribution is -2.29. The van der Waals surface area contributed by atoms with E-state index in [1.165, 1.54) is 0 Å². The van der Waals surface area contributed by atoms with Gasteiger partial charge in [-0.25, -0.2) is 0 Å². The second kappa shape index (κ2) is 8.14. The van der Waals surface area contributed by atoms with E-state index in [4.69, 9.17) is 16.3 Å². The highest BCUT2D eigenvalue weighted by Gasteiger charge is 2.22. The molecule has 1 saturated heterocycles. The molecule has 0 atom stereocenters. The van der Waals surface area contributed by atoms with E-state index in [1.807, 2.05) is 12.1 Å². The van der Waals surface area contributed by atoms with E-state index in [9.17, 15) is 9.59 Å². The quantitative estimate of drug-likeness (QED) is 0.869. The number of nitrogens with one attached hydrogen (secondary N) is 2. The van der Waals surface area contributed by atoms with Gasteiger partial charge in [-0.15, -0.1) is 0 Å². The fourth-order valence-electron chi connectivity index (χ4n) is 2.69. The number of hydrogen-bond donors (Lipinski definition) is 2. The molecule has 2 aromatic carbocycles. The molecule has 2 N–H and O–H groups in total. The molecule has 0 bridgehead atoms. The number of para-hydroxylation sites is 2. The molecule has 3 rings (SSSR count). The average Bonchev–Trinajstić information content (AvgIpc) is 2.64. The van der Waals surface area contributed by atoms with E-state index >= 15 is 0 Å². The molecule has 1 fully saturated rings. The predicted molar refractivity (Wildman–Crippen MR) is 98.0 cm³/mol. The number of hydrogen-bond acceptors (Lipinski definition) is 3. The summed E-state index contributed by atoms with van der Waals surface area (Å²) in [6.07, 6.45) is 1.43. The van der Waals surface area contributed by atoms with Crippen molar-refractivity contribution in [1.29, 1.82) is 0 Å². The van der Waals surface area contributed by atoms with E-state index in [0.717, 1.165) is 0 Å². The number of ether oxygens (including phenoxy) is 1. The summed E-state index contributed by atoms with van der Waals surface area (Å²) in [7, 11) is 0. The Kier molecular flexibility index (Phi) is 5.68. The van der Waals surface area contributed by atoms with Gasteiger partial charge in [0.25, 0.3) is 5.91 Å². The molecule has 0 unspecified atom stereocenters. The molecule has 1 aliphatic heterocycles. The first-order chi connectivity index (χ1) is 12.1. The van der Waals surface area contributed by atoms with Crippen LogP contribution in [0, 0.1) is 5.92 Å². The SMILES string of the molecule is O=C(Nc1ccccc1NC(=O)C1CCOCC1)c1ccc(Cl)cc1. The molecule has 0 aromatic heterocycles. The lowest BCUT2D eigenvalue weighted by molar-refractivity contribution is -0.122.